The molecule has 0 N–H and O–H groups in total. The van der Waals surface area contributed by atoms with E-state index in [4.69, 9.17) is 24.9 Å². The Kier molecular flexibility index (Phi) is 9.45. The van der Waals surface area contributed by atoms with Gasteiger partial charge < -0.3 is 0 Å². The van der Waals surface area contributed by atoms with Crippen LogP contribution in [0.25, 0.3) is 67.5 Å². The number of nitrogens with zero attached hydrogens (tertiary/aromatic N) is 5. The van der Waals surface area contributed by atoms with Gasteiger partial charge in [0.05, 0.1) is 22.7 Å². The Morgan fingerprint density at radius 1 is 0.354 bits per heavy atom. The van der Waals surface area contributed by atoms with Crippen molar-refractivity contribution in [2.75, 3.05) is 0 Å². The molecule has 2 aliphatic rings. The molecule has 0 saturated heterocycles. The zero-order chi connectivity index (χ0) is 43.2. The first kappa shape index (κ1) is 38.3. The Labute approximate surface area is 378 Å². The van der Waals surface area contributed by atoms with Gasteiger partial charge in [-0.25, -0.2) is 24.9 Å². The molecule has 2 atom stereocenters. The summed E-state index contributed by atoms with van der Waals surface area (Å²) in [6.07, 6.45) is 3.17. The summed E-state index contributed by atoms with van der Waals surface area (Å²) < 4.78 is 0. The van der Waals surface area contributed by atoms with Crippen molar-refractivity contribution in [1.82, 2.24) is 24.9 Å². The third kappa shape index (κ3) is 6.86. The van der Waals surface area contributed by atoms with Gasteiger partial charge in [0.15, 0.2) is 11.6 Å². The van der Waals surface area contributed by atoms with Gasteiger partial charge in [-0.1, -0.05) is 218 Å². The van der Waals surface area contributed by atoms with Crippen molar-refractivity contribution in [2.24, 2.45) is 0 Å². The van der Waals surface area contributed by atoms with Gasteiger partial charge in [0.1, 0.15) is 11.6 Å². The fourth-order valence-corrected chi connectivity index (χ4v) is 9.86. The lowest BCUT2D eigenvalue weighted by atomic mass is 9.59. The smallest absolute Gasteiger partial charge is 0.163 e. The summed E-state index contributed by atoms with van der Waals surface area (Å²) in [5.74, 6) is 2.47. The van der Waals surface area contributed by atoms with E-state index >= 15 is 0 Å². The fraction of sp³-hybridized carbons (Fsp3) is 0.0500. The van der Waals surface area contributed by atoms with Crippen LogP contribution in [0, 0.1) is 0 Å². The minimum absolute atomic E-state index is 0.256. The number of hydrogen-bond acceptors (Lipinski definition) is 5. The van der Waals surface area contributed by atoms with Gasteiger partial charge in [0, 0.05) is 22.3 Å². The molecule has 2 aromatic heterocycles. The molecule has 0 aliphatic heterocycles. The molecule has 5 nitrogen and oxygen atoms in total. The zero-order valence-electron chi connectivity index (χ0n) is 35.5. The molecule has 0 amide bonds. The first-order valence-electron chi connectivity index (χ1n) is 22.2. The van der Waals surface area contributed by atoms with E-state index in [1.165, 1.54) is 16.7 Å². The van der Waals surface area contributed by atoms with Gasteiger partial charge >= 0.3 is 0 Å². The van der Waals surface area contributed by atoms with Crippen molar-refractivity contribution in [3.8, 4) is 67.5 Å². The Balaban J connectivity index is 1.08. The van der Waals surface area contributed by atoms with Gasteiger partial charge in [-0.2, -0.15) is 0 Å². The third-order valence-corrected chi connectivity index (χ3v) is 12.9. The second kappa shape index (κ2) is 16.1. The molecule has 8 aromatic carbocycles. The van der Waals surface area contributed by atoms with Crippen LogP contribution < -0.4 is 0 Å². The predicted octanol–water partition coefficient (Wildman–Crippen LogP) is 13.6. The van der Waals surface area contributed by atoms with E-state index in [0.29, 0.717) is 17.5 Å². The summed E-state index contributed by atoms with van der Waals surface area (Å²) in [4.78, 5) is 27.2. The zero-order valence-corrected chi connectivity index (χ0v) is 35.5. The lowest BCUT2D eigenvalue weighted by molar-refractivity contribution is 0.615. The van der Waals surface area contributed by atoms with Crippen LogP contribution in [0.15, 0.2) is 236 Å². The summed E-state index contributed by atoms with van der Waals surface area (Å²) in [6.45, 7) is 0. The van der Waals surface area contributed by atoms with E-state index in [1.54, 1.807) is 0 Å². The number of allylic oxidation sites excluding steroid dienone is 2. The van der Waals surface area contributed by atoms with Crippen LogP contribution in [0.1, 0.15) is 39.8 Å². The van der Waals surface area contributed by atoms with Crippen LogP contribution in [0.4, 0.5) is 0 Å². The molecule has 2 bridgehead atoms. The maximum Gasteiger partial charge on any atom is 0.163 e. The first-order chi connectivity index (χ1) is 32.2. The Hall–Kier alpha value is -8.41. The van der Waals surface area contributed by atoms with Crippen LogP contribution in [-0.4, -0.2) is 24.9 Å². The van der Waals surface area contributed by atoms with Crippen molar-refractivity contribution >= 4 is 0 Å². The van der Waals surface area contributed by atoms with Crippen LogP contribution in [-0.2, 0) is 11.8 Å². The highest BCUT2D eigenvalue weighted by atomic mass is 15.0. The van der Waals surface area contributed by atoms with Gasteiger partial charge in [0.25, 0.3) is 0 Å². The number of rotatable bonds is 8. The molecule has 10 aromatic rings. The number of hydrogen-bond donors (Lipinski definition) is 0. The van der Waals surface area contributed by atoms with Crippen molar-refractivity contribution in [2.45, 2.75) is 17.8 Å². The quantitative estimate of drug-likeness (QED) is 0.143. The summed E-state index contributed by atoms with van der Waals surface area (Å²) in [5.41, 5.74) is 15.3. The first-order valence-corrected chi connectivity index (χ1v) is 22.2. The minimum Gasteiger partial charge on any atom is -0.231 e. The Bertz CT molecular complexity index is 3400. The molecule has 0 saturated carbocycles. The predicted molar refractivity (Wildman–Crippen MR) is 261 cm³/mol. The van der Waals surface area contributed by atoms with Crippen LogP contribution >= 0.6 is 0 Å². The second-order valence-corrected chi connectivity index (χ2v) is 16.8. The monoisotopic (exact) mass is 831 g/mol. The Morgan fingerprint density at radius 2 is 0.831 bits per heavy atom. The van der Waals surface area contributed by atoms with E-state index < -0.39 is 5.41 Å². The van der Waals surface area contributed by atoms with Crippen molar-refractivity contribution < 1.29 is 0 Å². The van der Waals surface area contributed by atoms with E-state index in [0.717, 1.165) is 79.3 Å². The Morgan fingerprint density at radius 3 is 1.49 bits per heavy atom. The molecule has 306 valence electrons. The highest BCUT2D eigenvalue weighted by Crippen LogP contribution is 2.55. The number of fused-ring (bicyclic) bond motifs is 5. The van der Waals surface area contributed by atoms with E-state index in [-0.39, 0.29) is 5.92 Å². The van der Waals surface area contributed by atoms with Crippen LogP contribution in [0.3, 0.4) is 0 Å². The minimum atomic E-state index is -0.810. The maximum absolute atomic E-state index is 5.64. The molecule has 0 fully saturated rings. The van der Waals surface area contributed by atoms with Gasteiger partial charge in [0.2, 0.25) is 0 Å². The SMILES string of the molecule is C1=C2Cc3ccccc3C1(c1nc(-c3ccccc3)cc(-c3cccc(-c4ccccc4)c3)n1)c1ccccc1C2c1nc(-c2ccccc2)nc(-c2cccc(-c3ccccc3)c2)n1. The maximum atomic E-state index is 5.64. The highest BCUT2D eigenvalue weighted by Gasteiger charge is 2.49. The summed E-state index contributed by atoms with van der Waals surface area (Å²) in [7, 11) is 0. The lowest BCUT2D eigenvalue weighted by Gasteiger charge is -2.44. The molecule has 0 radical (unpaired) electrons. The van der Waals surface area contributed by atoms with Gasteiger partial charge in [-0.3, -0.25) is 0 Å². The molecule has 2 heterocycles. The van der Waals surface area contributed by atoms with Crippen LogP contribution in [0.2, 0.25) is 0 Å². The van der Waals surface area contributed by atoms with Crippen LogP contribution in [0.5, 0.6) is 0 Å². The molecular formula is C60H41N5. The molecular weight excluding hydrogens is 791 g/mol. The molecule has 2 unspecified atom stereocenters. The normalized spacial score (nSPS) is 15.9. The largest absolute Gasteiger partial charge is 0.231 e. The average molecular weight is 832 g/mol. The molecule has 0 spiro atoms. The second-order valence-electron chi connectivity index (χ2n) is 16.8. The highest BCUT2D eigenvalue weighted by molar-refractivity contribution is 5.76. The van der Waals surface area contributed by atoms with E-state index in [9.17, 15) is 0 Å². The average Bonchev–Trinajstić information content (AvgIpc) is 3.39. The summed E-state index contributed by atoms with van der Waals surface area (Å²) in [6, 6.07) is 78.6. The third-order valence-electron chi connectivity index (χ3n) is 12.9. The molecule has 12 rings (SSSR count). The van der Waals surface area contributed by atoms with Gasteiger partial charge in [-0.15, -0.1) is 0 Å². The fourth-order valence-electron chi connectivity index (χ4n) is 9.86. The topological polar surface area (TPSA) is 64.5 Å². The molecule has 2 aliphatic carbocycles. The molecule has 65 heavy (non-hydrogen) atoms. The summed E-state index contributed by atoms with van der Waals surface area (Å²) >= 11 is 0. The van der Waals surface area contributed by atoms with Crippen molar-refractivity contribution in [3.63, 3.8) is 0 Å². The van der Waals surface area contributed by atoms with Gasteiger partial charge in [-0.05, 0) is 69.1 Å². The lowest BCUT2D eigenvalue weighted by Crippen LogP contribution is -2.39. The standard InChI is InChI=1S/C60H41N5/c1-5-19-40(20-6-1)44-28-17-30-47(35-44)54-38-53(42-23-9-3-10-24-42)61-59(62-54)60-39-49(37-46-27-13-15-33-51(46)60)55(50-32-14-16-34-52(50)60)58-64-56(43-25-11-4-12-26-43)63-57(65-58)48-31-18-29-45(36-48)41-21-7-2-8-22-41/h1-36,38-39,55H,37H2. The molecule has 5 heteroatoms. The van der Waals surface area contributed by atoms with Crippen molar-refractivity contribution in [3.05, 3.63) is 270 Å². The summed E-state index contributed by atoms with van der Waals surface area (Å²) in [5, 5.41) is 0. The van der Waals surface area contributed by atoms with E-state index in [1.807, 2.05) is 30.3 Å². The van der Waals surface area contributed by atoms with Crippen molar-refractivity contribution in [1.29, 1.82) is 0 Å². The number of benzene rings is 8. The van der Waals surface area contributed by atoms with E-state index in [2.05, 4.69) is 200 Å². The number of aromatic nitrogens is 5.